The zero-order valence-electron chi connectivity index (χ0n) is 20.4. The Morgan fingerprint density at radius 3 is 2.70 bits per heavy atom. The first kappa shape index (κ1) is 25.0. The van der Waals surface area contributed by atoms with Gasteiger partial charge in [0.15, 0.2) is 0 Å². The molecule has 1 aromatic carbocycles. The maximum atomic E-state index is 11.3. The molecule has 1 heterocycles. The fraction of sp³-hybridized carbons (Fsp3) is 0.640. The predicted octanol–water partition coefficient (Wildman–Crippen LogP) is 5.11. The van der Waals surface area contributed by atoms with Gasteiger partial charge in [-0.3, -0.25) is 9.89 Å². The van der Waals surface area contributed by atoms with Crippen LogP contribution in [0.3, 0.4) is 0 Å². The number of aromatic nitrogens is 3. The van der Waals surface area contributed by atoms with Crippen LogP contribution in [0.1, 0.15) is 76.6 Å². The summed E-state index contributed by atoms with van der Waals surface area (Å²) >= 11 is 0. The van der Waals surface area contributed by atoms with Crippen molar-refractivity contribution in [3.63, 3.8) is 0 Å². The van der Waals surface area contributed by atoms with E-state index in [2.05, 4.69) is 57.4 Å². The monoisotopic (exact) mass is 457 g/mol. The summed E-state index contributed by atoms with van der Waals surface area (Å²) in [4.78, 5) is 18.4. The number of anilines is 3. The van der Waals surface area contributed by atoms with Crippen molar-refractivity contribution in [1.82, 2.24) is 15.2 Å². The Hall–Kier alpha value is -2.61. The number of benzene rings is 1. The summed E-state index contributed by atoms with van der Waals surface area (Å²) in [5, 5.41) is 20.0. The Bertz CT molecular complexity index is 892. The number of ether oxygens (including phenoxy) is 1. The van der Waals surface area contributed by atoms with Gasteiger partial charge in [-0.05, 0) is 42.4 Å². The first-order chi connectivity index (χ1) is 15.9. The Kier molecular flexibility index (Phi) is 9.11. The van der Waals surface area contributed by atoms with E-state index in [4.69, 9.17) is 4.74 Å². The van der Waals surface area contributed by atoms with Gasteiger partial charge in [0, 0.05) is 26.1 Å². The van der Waals surface area contributed by atoms with Gasteiger partial charge in [-0.25, -0.2) is 0 Å². The molecule has 0 bridgehead atoms. The molecule has 0 amide bonds. The molecule has 1 aliphatic carbocycles. The van der Waals surface area contributed by atoms with Gasteiger partial charge in [-0.15, -0.1) is 5.10 Å². The molecule has 33 heavy (non-hydrogen) atoms. The van der Waals surface area contributed by atoms with Crippen LogP contribution in [0, 0.1) is 5.92 Å². The number of carboxylic acid groups (broad SMARTS) is 1. The van der Waals surface area contributed by atoms with Gasteiger partial charge in [0.2, 0.25) is 5.95 Å². The van der Waals surface area contributed by atoms with Crippen LogP contribution in [0.5, 0.6) is 0 Å². The van der Waals surface area contributed by atoms with Crippen LogP contribution in [-0.4, -0.2) is 52.6 Å². The summed E-state index contributed by atoms with van der Waals surface area (Å²) in [7, 11) is 1.67. The first-order valence-corrected chi connectivity index (χ1v) is 12.2. The quantitative estimate of drug-likeness (QED) is 0.407. The molecule has 1 aromatic heterocycles. The Morgan fingerprint density at radius 2 is 2.03 bits per heavy atom. The highest BCUT2D eigenvalue weighted by molar-refractivity contribution is 5.75. The number of carbonyl (C=O) groups is 1. The van der Waals surface area contributed by atoms with Gasteiger partial charge in [-0.1, -0.05) is 46.1 Å². The predicted molar refractivity (Wildman–Crippen MR) is 131 cm³/mol. The van der Waals surface area contributed by atoms with Crippen molar-refractivity contribution in [2.75, 3.05) is 30.5 Å². The van der Waals surface area contributed by atoms with Crippen molar-refractivity contribution < 1.29 is 14.6 Å². The van der Waals surface area contributed by atoms with Crippen molar-refractivity contribution in [1.29, 1.82) is 0 Å². The van der Waals surface area contributed by atoms with Crippen molar-refractivity contribution >= 4 is 23.3 Å². The van der Waals surface area contributed by atoms with Gasteiger partial charge in [-0.2, -0.15) is 4.98 Å². The van der Waals surface area contributed by atoms with Crippen molar-refractivity contribution in [3.05, 3.63) is 29.6 Å². The number of rotatable bonds is 12. The summed E-state index contributed by atoms with van der Waals surface area (Å²) in [5.41, 5.74) is 3.05. The van der Waals surface area contributed by atoms with E-state index < -0.39 is 5.97 Å². The molecule has 0 radical (unpaired) electrons. The molecule has 0 saturated heterocycles. The van der Waals surface area contributed by atoms with Gasteiger partial charge in [0.1, 0.15) is 5.82 Å². The van der Waals surface area contributed by atoms with Crippen LogP contribution in [-0.2, 0) is 16.0 Å². The molecular weight excluding hydrogens is 418 g/mol. The lowest BCUT2D eigenvalue weighted by atomic mass is 9.92. The smallest absolute Gasteiger partial charge is 0.303 e. The molecule has 182 valence electrons. The molecule has 1 atom stereocenters. The second-order valence-electron chi connectivity index (χ2n) is 9.59. The van der Waals surface area contributed by atoms with Crippen LogP contribution < -0.4 is 10.2 Å². The molecule has 1 saturated carbocycles. The highest BCUT2D eigenvalue weighted by Crippen LogP contribution is 2.36. The molecule has 0 spiro atoms. The number of carboxylic acids is 1. The van der Waals surface area contributed by atoms with Gasteiger partial charge in [0.05, 0.1) is 24.4 Å². The summed E-state index contributed by atoms with van der Waals surface area (Å²) in [6.45, 7) is 8.01. The van der Waals surface area contributed by atoms with Crippen LogP contribution in [0.15, 0.2) is 18.2 Å². The standard InChI is InChI=1S/C25H39N5O3/c1-17(2)16-30(20-8-6-5-7-9-20)22-11-10-19(18(3)14-24(31)32)15-21(22)26-25-27-23(28-29-25)12-13-33-4/h10-11,15,17-18,20H,5-9,12-14,16H2,1-4H3,(H,31,32)(H2,26,27,28,29)/t18-/m1/s1. The molecule has 1 fully saturated rings. The fourth-order valence-corrected chi connectivity index (χ4v) is 4.60. The van der Waals surface area contributed by atoms with E-state index in [1.807, 2.05) is 6.92 Å². The molecule has 0 aliphatic heterocycles. The molecule has 2 aromatic rings. The maximum absolute atomic E-state index is 11.3. The minimum absolute atomic E-state index is 0.0882. The summed E-state index contributed by atoms with van der Waals surface area (Å²) < 4.78 is 5.14. The summed E-state index contributed by atoms with van der Waals surface area (Å²) in [5.74, 6) is 0.923. The Morgan fingerprint density at radius 1 is 1.27 bits per heavy atom. The number of hydrogen-bond donors (Lipinski definition) is 3. The van der Waals surface area contributed by atoms with Crippen molar-refractivity contribution in [2.45, 2.75) is 77.7 Å². The van der Waals surface area contributed by atoms with Crippen LogP contribution in [0.2, 0.25) is 0 Å². The highest BCUT2D eigenvalue weighted by Gasteiger charge is 2.25. The molecular formula is C25H39N5O3. The lowest BCUT2D eigenvalue weighted by Crippen LogP contribution is -2.39. The van der Waals surface area contributed by atoms with Crippen molar-refractivity contribution in [3.8, 4) is 0 Å². The zero-order valence-corrected chi connectivity index (χ0v) is 20.4. The second kappa shape index (κ2) is 12.0. The number of H-pyrrole nitrogens is 1. The molecule has 3 rings (SSSR count). The van der Waals surface area contributed by atoms with Crippen LogP contribution in [0.4, 0.5) is 17.3 Å². The summed E-state index contributed by atoms with van der Waals surface area (Å²) in [6.07, 6.45) is 6.99. The van der Waals surface area contributed by atoms with E-state index in [0.717, 1.165) is 29.3 Å². The number of aliphatic carboxylic acids is 1. The fourth-order valence-electron chi connectivity index (χ4n) is 4.60. The average Bonchev–Trinajstić information content (AvgIpc) is 3.23. The van der Waals surface area contributed by atoms with E-state index in [1.54, 1.807) is 7.11 Å². The number of hydrogen-bond acceptors (Lipinski definition) is 6. The molecule has 8 nitrogen and oxygen atoms in total. The first-order valence-electron chi connectivity index (χ1n) is 12.2. The van der Waals surface area contributed by atoms with Crippen LogP contribution in [0.25, 0.3) is 0 Å². The van der Waals surface area contributed by atoms with E-state index >= 15 is 0 Å². The second-order valence-corrected chi connectivity index (χ2v) is 9.59. The van der Waals surface area contributed by atoms with E-state index in [-0.39, 0.29) is 12.3 Å². The third-order valence-electron chi connectivity index (χ3n) is 6.28. The Labute approximate surface area is 197 Å². The van der Waals surface area contributed by atoms with E-state index in [0.29, 0.717) is 30.9 Å². The number of methoxy groups -OCH3 is 1. The maximum Gasteiger partial charge on any atom is 0.303 e. The topological polar surface area (TPSA) is 103 Å². The largest absolute Gasteiger partial charge is 0.481 e. The van der Waals surface area contributed by atoms with Crippen LogP contribution >= 0.6 is 0 Å². The highest BCUT2D eigenvalue weighted by atomic mass is 16.5. The lowest BCUT2D eigenvalue weighted by molar-refractivity contribution is -0.137. The SMILES string of the molecule is COCCc1nc(Nc2cc([C@H](C)CC(=O)O)ccc2N(CC(C)C)C2CCCCC2)n[nH]1. The van der Waals surface area contributed by atoms with Gasteiger partial charge >= 0.3 is 5.97 Å². The lowest BCUT2D eigenvalue weighted by Gasteiger charge is -2.38. The minimum atomic E-state index is -0.790. The molecule has 3 N–H and O–H groups in total. The third kappa shape index (κ3) is 7.19. The molecule has 1 aliphatic rings. The number of nitrogens with zero attached hydrogens (tertiary/aromatic N) is 3. The average molecular weight is 458 g/mol. The summed E-state index contributed by atoms with van der Waals surface area (Å²) in [6, 6.07) is 6.80. The van der Waals surface area contributed by atoms with Gasteiger partial charge in [0.25, 0.3) is 0 Å². The Balaban J connectivity index is 1.95. The minimum Gasteiger partial charge on any atom is -0.481 e. The third-order valence-corrected chi connectivity index (χ3v) is 6.28. The van der Waals surface area contributed by atoms with Crippen molar-refractivity contribution in [2.24, 2.45) is 5.92 Å². The number of nitrogens with one attached hydrogen (secondary N) is 2. The molecule has 0 unspecified atom stereocenters. The molecule has 8 heteroatoms. The normalized spacial score (nSPS) is 15.5. The van der Waals surface area contributed by atoms with E-state index in [9.17, 15) is 9.90 Å². The van der Waals surface area contributed by atoms with Gasteiger partial charge < -0.3 is 20.1 Å². The van der Waals surface area contributed by atoms with E-state index in [1.165, 1.54) is 32.1 Å². The number of aromatic amines is 1. The zero-order chi connectivity index (χ0) is 23.8.